The lowest BCUT2D eigenvalue weighted by atomic mass is 9.94. The van der Waals surface area contributed by atoms with Crippen molar-refractivity contribution < 1.29 is 9.18 Å². The topological polar surface area (TPSA) is 53.2 Å². The van der Waals surface area contributed by atoms with Gasteiger partial charge < -0.3 is 16.0 Å². The van der Waals surface area contributed by atoms with Crippen LogP contribution in [0.15, 0.2) is 59.8 Å². The van der Waals surface area contributed by atoms with Crippen LogP contribution < -0.4 is 16.0 Å². The molecular formula is C19H18FN3OS. The second-order valence-electron chi connectivity index (χ2n) is 5.94. The zero-order valence-corrected chi connectivity index (χ0v) is 14.7. The minimum atomic E-state index is -0.352. The summed E-state index contributed by atoms with van der Waals surface area (Å²) < 4.78 is 13.0. The Morgan fingerprint density at radius 2 is 1.72 bits per heavy atom. The molecule has 0 saturated heterocycles. The van der Waals surface area contributed by atoms with Crippen LogP contribution in [0.1, 0.15) is 24.1 Å². The first-order chi connectivity index (χ1) is 11.9. The second-order valence-corrected chi connectivity index (χ2v) is 6.35. The number of thiocarbonyl (C=S) groups is 1. The van der Waals surface area contributed by atoms with E-state index in [-0.39, 0.29) is 17.8 Å². The van der Waals surface area contributed by atoms with E-state index in [0.29, 0.717) is 22.1 Å². The van der Waals surface area contributed by atoms with Crippen LogP contribution in [0, 0.1) is 12.7 Å². The van der Waals surface area contributed by atoms with E-state index in [2.05, 4.69) is 16.0 Å². The number of amides is 1. The van der Waals surface area contributed by atoms with Crippen molar-refractivity contribution in [1.82, 2.24) is 10.6 Å². The number of hydrogen-bond donors (Lipinski definition) is 3. The van der Waals surface area contributed by atoms with Crippen molar-refractivity contribution in [2.75, 3.05) is 5.32 Å². The summed E-state index contributed by atoms with van der Waals surface area (Å²) in [5.41, 5.74) is 3.84. The smallest absolute Gasteiger partial charge is 0.255 e. The highest BCUT2D eigenvalue weighted by molar-refractivity contribution is 7.80. The normalized spacial score (nSPS) is 16.9. The van der Waals surface area contributed by atoms with Gasteiger partial charge in [0.1, 0.15) is 5.82 Å². The van der Waals surface area contributed by atoms with Crippen molar-refractivity contribution in [1.29, 1.82) is 0 Å². The first-order valence-electron chi connectivity index (χ1n) is 7.86. The van der Waals surface area contributed by atoms with Gasteiger partial charge in [-0.1, -0.05) is 29.8 Å². The summed E-state index contributed by atoms with van der Waals surface area (Å²) in [5.74, 6) is -0.616. The number of hydrogen-bond acceptors (Lipinski definition) is 2. The van der Waals surface area contributed by atoms with Gasteiger partial charge in [0.2, 0.25) is 0 Å². The van der Waals surface area contributed by atoms with Crippen LogP contribution in [0.3, 0.4) is 0 Å². The molecule has 4 nitrogen and oxygen atoms in total. The maximum atomic E-state index is 13.0. The van der Waals surface area contributed by atoms with E-state index in [0.717, 1.165) is 11.1 Å². The minimum Gasteiger partial charge on any atom is -0.351 e. The molecule has 0 spiro atoms. The Kier molecular flexibility index (Phi) is 4.81. The Bertz CT molecular complexity index is 844. The summed E-state index contributed by atoms with van der Waals surface area (Å²) in [6.45, 7) is 3.82. The summed E-state index contributed by atoms with van der Waals surface area (Å²) in [6.07, 6.45) is 0. The molecule has 25 heavy (non-hydrogen) atoms. The van der Waals surface area contributed by atoms with Gasteiger partial charge in [-0.05, 0) is 55.9 Å². The summed E-state index contributed by atoms with van der Waals surface area (Å²) in [7, 11) is 0. The van der Waals surface area contributed by atoms with Crippen molar-refractivity contribution >= 4 is 28.9 Å². The number of carbonyl (C=O) groups is 1. The lowest BCUT2D eigenvalue weighted by Crippen LogP contribution is -2.45. The molecule has 3 N–H and O–H groups in total. The lowest BCUT2D eigenvalue weighted by Gasteiger charge is -2.30. The maximum absolute atomic E-state index is 13.0. The molecular weight excluding hydrogens is 337 g/mol. The van der Waals surface area contributed by atoms with Crippen LogP contribution in [0.2, 0.25) is 0 Å². The first kappa shape index (κ1) is 17.1. The molecule has 0 radical (unpaired) electrons. The third kappa shape index (κ3) is 3.85. The third-order valence-corrected chi connectivity index (χ3v) is 4.25. The van der Waals surface area contributed by atoms with Crippen molar-refractivity contribution in [3.05, 3.63) is 76.7 Å². The highest BCUT2D eigenvalue weighted by Gasteiger charge is 2.29. The van der Waals surface area contributed by atoms with Gasteiger partial charge >= 0.3 is 0 Å². The average molecular weight is 355 g/mol. The second kappa shape index (κ2) is 7.03. The van der Waals surface area contributed by atoms with Crippen LogP contribution >= 0.6 is 12.2 Å². The van der Waals surface area contributed by atoms with Gasteiger partial charge in [0.05, 0.1) is 11.6 Å². The summed E-state index contributed by atoms with van der Waals surface area (Å²) in [5, 5.41) is 9.43. The van der Waals surface area contributed by atoms with E-state index in [9.17, 15) is 9.18 Å². The molecule has 2 aromatic rings. The van der Waals surface area contributed by atoms with Gasteiger partial charge in [0.15, 0.2) is 5.11 Å². The first-order valence-corrected chi connectivity index (χ1v) is 8.26. The molecule has 3 rings (SSSR count). The van der Waals surface area contributed by atoms with Gasteiger partial charge in [-0.3, -0.25) is 4.79 Å². The van der Waals surface area contributed by atoms with Gasteiger partial charge in [-0.15, -0.1) is 0 Å². The van der Waals surface area contributed by atoms with Crippen molar-refractivity contribution in [3.63, 3.8) is 0 Å². The zero-order valence-electron chi connectivity index (χ0n) is 13.9. The van der Waals surface area contributed by atoms with E-state index < -0.39 is 0 Å². The Morgan fingerprint density at radius 3 is 2.36 bits per heavy atom. The van der Waals surface area contributed by atoms with Gasteiger partial charge in [-0.2, -0.15) is 0 Å². The fraction of sp³-hybridized carbons (Fsp3) is 0.158. The number of allylic oxidation sites excluding steroid dienone is 1. The zero-order chi connectivity index (χ0) is 18.0. The quantitative estimate of drug-likeness (QED) is 0.737. The average Bonchev–Trinajstić information content (AvgIpc) is 2.57. The Morgan fingerprint density at radius 1 is 1.08 bits per heavy atom. The number of carbonyl (C=O) groups excluding carboxylic acids is 1. The van der Waals surface area contributed by atoms with Gasteiger partial charge in [-0.25, -0.2) is 4.39 Å². The molecule has 128 valence electrons. The molecule has 0 unspecified atom stereocenters. The monoisotopic (exact) mass is 355 g/mol. The molecule has 2 aromatic carbocycles. The van der Waals surface area contributed by atoms with Crippen molar-refractivity contribution in [3.8, 4) is 0 Å². The molecule has 0 bridgehead atoms. The van der Waals surface area contributed by atoms with E-state index in [4.69, 9.17) is 12.2 Å². The molecule has 0 aromatic heterocycles. The fourth-order valence-corrected chi connectivity index (χ4v) is 3.01. The SMILES string of the molecule is CC1=C(C(=O)Nc2ccc(F)cc2)[C@@H](c2ccc(C)cc2)NC(=S)N1. The Balaban J connectivity index is 1.92. The van der Waals surface area contributed by atoms with E-state index >= 15 is 0 Å². The largest absolute Gasteiger partial charge is 0.351 e. The van der Waals surface area contributed by atoms with Crippen LogP contribution in [-0.2, 0) is 4.79 Å². The van der Waals surface area contributed by atoms with Gasteiger partial charge in [0.25, 0.3) is 5.91 Å². The number of halogens is 1. The number of anilines is 1. The Hall–Kier alpha value is -2.73. The highest BCUT2D eigenvalue weighted by Crippen LogP contribution is 2.28. The molecule has 0 aliphatic carbocycles. The van der Waals surface area contributed by atoms with Gasteiger partial charge in [0, 0.05) is 11.4 Å². The minimum absolute atomic E-state index is 0.266. The van der Waals surface area contributed by atoms with E-state index in [1.54, 1.807) is 0 Å². The van der Waals surface area contributed by atoms with Crippen molar-refractivity contribution in [2.45, 2.75) is 19.9 Å². The number of benzene rings is 2. The molecule has 0 fully saturated rings. The summed E-state index contributed by atoms with van der Waals surface area (Å²) in [6, 6.07) is 13.2. The molecule has 1 aliphatic heterocycles. The van der Waals surface area contributed by atoms with Crippen LogP contribution in [-0.4, -0.2) is 11.0 Å². The Labute approximate surface area is 151 Å². The summed E-state index contributed by atoms with van der Waals surface area (Å²) in [4.78, 5) is 12.8. The molecule has 1 heterocycles. The van der Waals surface area contributed by atoms with Crippen molar-refractivity contribution in [2.24, 2.45) is 0 Å². The third-order valence-electron chi connectivity index (χ3n) is 4.03. The predicted molar refractivity (Wildman–Crippen MR) is 101 cm³/mol. The van der Waals surface area contributed by atoms with Crippen LogP contribution in [0.5, 0.6) is 0 Å². The summed E-state index contributed by atoms with van der Waals surface area (Å²) >= 11 is 5.24. The number of aryl methyl sites for hydroxylation is 1. The number of nitrogens with one attached hydrogen (secondary N) is 3. The molecule has 1 atom stereocenters. The lowest BCUT2D eigenvalue weighted by molar-refractivity contribution is -0.113. The fourth-order valence-electron chi connectivity index (χ4n) is 2.74. The molecule has 1 aliphatic rings. The molecule has 6 heteroatoms. The predicted octanol–water partition coefficient (Wildman–Crippen LogP) is 3.57. The highest BCUT2D eigenvalue weighted by atomic mass is 32.1. The van der Waals surface area contributed by atoms with Crippen LogP contribution in [0.4, 0.5) is 10.1 Å². The molecule has 0 saturated carbocycles. The number of rotatable bonds is 3. The van der Waals surface area contributed by atoms with E-state index in [1.807, 2.05) is 38.1 Å². The molecule has 1 amide bonds. The van der Waals surface area contributed by atoms with Crippen LogP contribution in [0.25, 0.3) is 0 Å². The maximum Gasteiger partial charge on any atom is 0.255 e. The standard InChI is InChI=1S/C19H18FN3OS/c1-11-3-5-13(6-4-11)17-16(12(2)21-19(25)23-17)18(24)22-15-9-7-14(20)8-10-15/h3-10,17H,1-2H3,(H,22,24)(H2,21,23,25)/t17-/m1/s1. The van der Waals surface area contributed by atoms with E-state index in [1.165, 1.54) is 24.3 Å².